The van der Waals surface area contributed by atoms with Gasteiger partial charge in [-0.1, -0.05) is 57.0 Å². The maximum Gasteiger partial charge on any atom is 0.161 e. The summed E-state index contributed by atoms with van der Waals surface area (Å²) in [6.45, 7) is 4.32. The van der Waals surface area contributed by atoms with E-state index < -0.39 is 0 Å². The number of rotatable bonds is 7. The van der Waals surface area contributed by atoms with Gasteiger partial charge in [0.25, 0.3) is 0 Å². The molecule has 2 rings (SSSR count). The first-order valence-electron chi connectivity index (χ1n) is 7.93. The Morgan fingerprint density at radius 1 is 1.29 bits per heavy atom. The molecule has 1 aromatic carbocycles. The predicted molar refractivity (Wildman–Crippen MR) is 91.7 cm³/mol. The smallest absolute Gasteiger partial charge is 0.161 e. The first kappa shape index (κ1) is 16.2. The number of benzene rings is 1. The quantitative estimate of drug-likeness (QED) is 0.507. The van der Waals surface area contributed by atoms with Gasteiger partial charge in [-0.3, -0.25) is 4.79 Å². The summed E-state index contributed by atoms with van der Waals surface area (Å²) < 4.78 is 0. The molecule has 0 aromatic heterocycles. The lowest BCUT2D eigenvalue weighted by atomic mass is 9.94. The van der Waals surface area contributed by atoms with Gasteiger partial charge in [0.2, 0.25) is 0 Å². The molecule has 1 aromatic rings. The van der Waals surface area contributed by atoms with E-state index in [0.717, 1.165) is 24.3 Å². The van der Waals surface area contributed by atoms with Crippen molar-refractivity contribution in [2.75, 3.05) is 11.9 Å². The van der Waals surface area contributed by atoms with Crippen molar-refractivity contribution >= 4 is 23.2 Å². The molecular formula is C18H25NOS. The van der Waals surface area contributed by atoms with Gasteiger partial charge in [0.05, 0.1) is 10.7 Å². The summed E-state index contributed by atoms with van der Waals surface area (Å²) in [7, 11) is 2.04. The van der Waals surface area contributed by atoms with E-state index in [4.69, 9.17) is 0 Å². The first-order valence-corrected chi connectivity index (χ1v) is 8.75. The molecule has 0 bridgehead atoms. The molecule has 114 valence electrons. The minimum Gasteiger partial charge on any atom is -0.338 e. The van der Waals surface area contributed by atoms with Crippen molar-refractivity contribution in [3.05, 3.63) is 35.4 Å². The summed E-state index contributed by atoms with van der Waals surface area (Å²) >= 11 is 1.70. The fraction of sp³-hybridized carbons (Fsp3) is 0.500. The van der Waals surface area contributed by atoms with Crippen LogP contribution in [0.1, 0.15) is 46.0 Å². The molecule has 1 heterocycles. The van der Waals surface area contributed by atoms with Crippen molar-refractivity contribution in [1.82, 2.24) is 0 Å². The molecule has 0 aliphatic carbocycles. The Bertz CT molecular complexity index is 524. The normalized spacial score (nSPS) is 17.1. The molecule has 0 saturated heterocycles. The molecule has 1 aliphatic heterocycles. The number of hydrogen-bond acceptors (Lipinski definition) is 3. The van der Waals surface area contributed by atoms with Crippen molar-refractivity contribution in [2.45, 2.75) is 50.8 Å². The van der Waals surface area contributed by atoms with Crippen LogP contribution in [-0.2, 0) is 4.79 Å². The van der Waals surface area contributed by atoms with Crippen LogP contribution in [0.4, 0.5) is 5.69 Å². The topological polar surface area (TPSA) is 20.3 Å². The molecular weight excluding hydrogens is 278 g/mol. The number of fused-ring (bicyclic) bond motifs is 1. The lowest BCUT2D eigenvalue weighted by molar-refractivity contribution is -0.118. The molecule has 2 nitrogen and oxygen atoms in total. The standard InChI is InChI=1S/C18H25NOS/c1-4-6-7-10-14(5-2)16(20)13-18-19(3)15-11-8-9-12-17(15)21-18/h8-9,11-14H,4-7,10H2,1-3H3/b18-13+. The van der Waals surface area contributed by atoms with Crippen molar-refractivity contribution in [2.24, 2.45) is 5.92 Å². The van der Waals surface area contributed by atoms with Gasteiger partial charge in [-0.2, -0.15) is 0 Å². The van der Waals surface area contributed by atoms with E-state index in [2.05, 4.69) is 30.9 Å². The van der Waals surface area contributed by atoms with E-state index in [1.165, 1.54) is 23.4 Å². The minimum absolute atomic E-state index is 0.182. The summed E-state index contributed by atoms with van der Waals surface area (Å²) in [5.74, 6) is 0.470. The van der Waals surface area contributed by atoms with Crippen molar-refractivity contribution in [3.63, 3.8) is 0 Å². The molecule has 0 N–H and O–H groups in total. The van der Waals surface area contributed by atoms with Gasteiger partial charge in [-0.25, -0.2) is 0 Å². The maximum absolute atomic E-state index is 12.5. The van der Waals surface area contributed by atoms with E-state index in [1.807, 2.05) is 25.3 Å². The highest BCUT2D eigenvalue weighted by Gasteiger charge is 2.23. The van der Waals surface area contributed by atoms with Crippen molar-refractivity contribution in [3.8, 4) is 0 Å². The van der Waals surface area contributed by atoms with Gasteiger partial charge in [0.1, 0.15) is 0 Å². The van der Waals surface area contributed by atoms with Crippen molar-refractivity contribution in [1.29, 1.82) is 0 Å². The van der Waals surface area contributed by atoms with Crippen LogP contribution in [-0.4, -0.2) is 12.8 Å². The summed E-state index contributed by atoms with van der Waals surface area (Å²) in [5.41, 5.74) is 1.19. The summed E-state index contributed by atoms with van der Waals surface area (Å²) in [4.78, 5) is 15.9. The van der Waals surface area contributed by atoms with Crippen LogP contribution in [0.25, 0.3) is 0 Å². The average molecular weight is 303 g/mol. The highest BCUT2D eigenvalue weighted by molar-refractivity contribution is 8.03. The van der Waals surface area contributed by atoms with Crippen LogP contribution < -0.4 is 4.90 Å². The van der Waals surface area contributed by atoms with Crippen molar-refractivity contribution < 1.29 is 4.79 Å². The third-order valence-electron chi connectivity index (χ3n) is 4.09. The lowest BCUT2D eigenvalue weighted by Crippen LogP contribution is -2.15. The van der Waals surface area contributed by atoms with Gasteiger partial charge >= 0.3 is 0 Å². The fourth-order valence-corrected chi connectivity index (χ4v) is 3.77. The number of anilines is 1. The van der Waals surface area contributed by atoms with Gasteiger partial charge < -0.3 is 4.90 Å². The molecule has 0 spiro atoms. The van der Waals surface area contributed by atoms with E-state index in [9.17, 15) is 4.79 Å². The first-order chi connectivity index (χ1) is 10.2. The average Bonchev–Trinajstić information content (AvgIpc) is 2.80. The van der Waals surface area contributed by atoms with Crippen LogP contribution in [0.15, 0.2) is 40.3 Å². The second kappa shape index (κ2) is 7.69. The lowest BCUT2D eigenvalue weighted by Gasteiger charge is -2.15. The molecule has 1 atom stereocenters. The van der Waals surface area contributed by atoms with Crippen LogP contribution in [0, 0.1) is 5.92 Å². The molecule has 1 aliphatic rings. The van der Waals surface area contributed by atoms with E-state index >= 15 is 0 Å². The third-order valence-corrected chi connectivity index (χ3v) is 5.25. The Balaban J connectivity index is 2.04. The number of allylic oxidation sites excluding steroid dienone is 1. The Kier molecular flexibility index (Phi) is 5.92. The Labute approximate surface area is 132 Å². The number of carbonyl (C=O) groups excluding carboxylic acids is 1. The highest BCUT2D eigenvalue weighted by atomic mass is 32.2. The van der Waals surface area contributed by atoms with Gasteiger partial charge in [0, 0.05) is 23.9 Å². The van der Waals surface area contributed by atoms with E-state index in [-0.39, 0.29) is 11.7 Å². The van der Waals surface area contributed by atoms with Crippen LogP contribution in [0.2, 0.25) is 0 Å². The van der Waals surface area contributed by atoms with E-state index in [0.29, 0.717) is 0 Å². The number of hydrogen-bond donors (Lipinski definition) is 0. The summed E-state index contributed by atoms with van der Waals surface area (Å²) in [6, 6.07) is 8.30. The molecule has 21 heavy (non-hydrogen) atoms. The second-order valence-electron chi connectivity index (χ2n) is 5.61. The molecule has 0 fully saturated rings. The van der Waals surface area contributed by atoms with Gasteiger partial charge in [0.15, 0.2) is 5.78 Å². The zero-order valence-corrected chi connectivity index (χ0v) is 14.1. The number of carbonyl (C=O) groups is 1. The van der Waals surface area contributed by atoms with Crippen LogP contribution in [0.3, 0.4) is 0 Å². The maximum atomic E-state index is 12.5. The number of unbranched alkanes of at least 4 members (excludes halogenated alkanes) is 2. The van der Waals surface area contributed by atoms with Gasteiger partial charge in [-0.05, 0) is 25.0 Å². The third kappa shape index (κ3) is 3.91. The summed E-state index contributed by atoms with van der Waals surface area (Å²) in [6.07, 6.45) is 7.40. The fourth-order valence-electron chi connectivity index (χ4n) is 2.67. The molecule has 0 amide bonds. The Morgan fingerprint density at radius 3 is 2.71 bits per heavy atom. The molecule has 1 unspecified atom stereocenters. The predicted octanol–water partition coefficient (Wildman–Crippen LogP) is 5.25. The molecule has 0 saturated carbocycles. The zero-order valence-electron chi connectivity index (χ0n) is 13.3. The number of nitrogens with zero attached hydrogens (tertiary/aromatic N) is 1. The monoisotopic (exact) mass is 303 g/mol. The summed E-state index contributed by atoms with van der Waals surface area (Å²) in [5, 5.41) is 1.05. The van der Waals surface area contributed by atoms with Crippen LogP contribution >= 0.6 is 11.8 Å². The number of thioether (sulfide) groups is 1. The SMILES string of the molecule is CCCCCC(CC)C(=O)/C=C1/Sc2ccccc2N1C. The number of para-hydroxylation sites is 1. The van der Waals surface area contributed by atoms with Gasteiger partial charge in [-0.15, -0.1) is 0 Å². The molecule has 0 radical (unpaired) electrons. The number of ketones is 1. The zero-order chi connectivity index (χ0) is 15.2. The Morgan fingerprint density at radius 2 is 2.05 bits per heavy atom. The largest absolute Gasteiger partial charge is 0.338 e. The van der Waals surface area contributed by atoms with Crippen LogP contribution in [0.5, 0.6) is 0 Å². The Hall–Kier alpha value is -1.22. The van der Waals surface area contributed by atoms with E-state index in [1.54, 1.807) is 11.8 Å². The second-order valence-corrected chi connectivity index (χ2v) is 6.68. The highest BCUT2D eigenvalue weighted by Crippen LogP contribution is 2.44. The molecule has 3 heteroatoms. The minimum atomic E-state index is 0.182.